The first kappa shape index (κ1) is 8.69. The van der Waals surface area contributed by atoms with Crippen molar-refractivity contribution in [2.24, 2.45) is 0 Å². The molecule has 0 aliphatic rings. The molecular weight excluding hydrogens is 165 g/mol. The topological polar surface area (TPSA) is 108 Å². The number of aromatic nitrogens is 3. The summed E-state index contributed by atoms with van der Waals surface area (Å²) in [4.78, 5) is 10.3. The van der Waals surface area contributed by atoms with Crippen LogP contribution in [0, 0.1) is 0 Å². The van der Waals surface area contributed by atoms with Gasteiger partial charge in [-0.2, -0.15) is 0 Å². The molecule has 0 bridgehead atoms. The van der Waals surface area contributed by atoms with Gasteiger partial charge in [-0.1, -0.05) is 5.21 Å². The maximum atomic E-state index is 10.3. The maximum Gasteiger partial charge on any atom is 0.474 e. The number of rotatable bonds is 3. The third kappa shape index (κ3) is 2.04. The minimum Gasteiger partial charge on any atom is -0.476 e. The Kier molecular flexibility index (Phi) is 2.41. The lowest BCUT2D eigenvalue weighted by molar-refractivity contribution is 0.0690. The fourth-order valence-electron chi connectivity index (χ4n) is 0.653. The van der Waals surface area contributed by atoms with Gasteiger partial charge in [-0.15, -0.1) is 5.10 Å². The Morgan fingerprint density at radius 2 is 2.33 bits per heavy atom. The normalized spacial score (nSPS) is 9.83. The average Bonchev–Trinajstić information content (AvgIpc) is 2.34. The van der Waals surface area contributed by atoms with Crippen LogP contribution in [-0.2, 0) is 6.44 Å². The third-order valence-corrected chi connectivity index (χ3v) is 1.11. The summed E-state index contributed by atoms with van der Waals surface area (Å²) in [5.41, 5.74) is -0.226. The van der Waals surface area contributed by atoms with Gasteiger partial charge in [-0.3, -0.25) is 4.68 Å². The van der Waals surface area contributed by atoms with Gasteiger partial charge in [0, 0.05) is 0 Å². The molecule has 64 valence electrons. The molecule has 1 heterocycles. The van der Waals surface area contributed by atoms with Crippen molar-refractivity contribution in [2.45, 2.75) is 6.44 Å². The van der Waals surface area contributed by atoms with Crippen LogP contribution in [0.3, 0.4) is 0 Å². The molecule has 1 aromatic rings. The molecule has 8 heteroatoms. The van der Waals surface area contributed by atoms with E-state index in [1.807, 2.05) is 0 Å². The Balaban J connectivity index is 2.71. The second-order valence-corrected chi connectivity index (χ2v) is 2.11. The monoisotopic (exact) mass is 171 g/mol. The Labute approximate surface area is 67.4 Å². The summed E-state index contributed by atoms with van der Waals surface area (Å²) in [5, 5.41) is 31.9. The van der Waals surface area contributed by atoms with Crippen LogP contribution in [0.4, 0.5) is 0 Å². The molecule has 0 saturated carbocycles. The van der Waals surface area contributed by atoms with Crippen LogP contribution in [0.15, 0.2) is 6.20 Å². The van der Waals surface area contributed by atoms with Crippen LogP contribution in [0.2, 0.25) is 0 Å². The number of hydrogen-bond acceptors (Lipinski definition) is 5. The number of carbonyl (C=O) groups is 1. The summed E-state index contributed by atoms with van der Waals surface area (Å²) in [6.45, 7) is 0. The third-order valence-electron chi connectivity index (χ3n) is 1.11. The summed E-state index contributed by atoms with van der Waals surface area (Å²) < 4.78 is 1.04. The van der Waals surface area contributed by atoms with Crippen molar-refractivity contribution in [1.82, 2.24) is 15.0 Å². The lowest BCUT2D eigenvalue weighted by Crippen LogP contribution is -2.20. The van der Waals surface area contributed by atoms with Crippen LogP contribution in [0.1, 0.15) is 10.5 Å². The molecule has 0 unspecified atom stereocenters. The van der Waals surface area contributed by atoms with Crippen LogP contribution in [0.25, 0.3) is 0 Å². The highest BCUT2D eigenvalue weighted by Crippen LogP contribution is 1.92. The molecule has 7 nitrogen and oxygen atoms in total. The molecule has 12 heavy (non-hydrogen) atoms. The van der Waals surface area contributed by atoms with Crippen LogP contribution < -0.4 is 0 Å². The van der Waals surface area contributed by atoms with Crippen LogP contribution >= 0.6 is 0 Å². The highest BCUT2D eigenvalue weighted by molar-refractivity contribution is 6.39. The molecule has 1 aromatic heterocycles. The van der Waals surface area contributed by atoms with E-state index >= 15 is 0 Å². The number of nitrogens with zero attached hydrogens (tertiary/aromatic N) is 3. The first-order chi connectivity index (χ1) is 5.59. The van der Waals surface area contributed by atoms with E-state index < -0.39 is 13.1 Å². The van der Waals surface area contributed by atoms with E-state index in [0.29, 0.717) is 0 Å². The van der Waals surface area contributed by atoms with Gasteiger partial charge in [0.05, 0.1) is 12.6 Å². The fraction of sp³-hybridized carbons (Fsp3) is 0.250. The minimum absolute atomic E-state index is 0.194. The van der Waals surface area contributed by atoms with Crippen molar-refractivity contribution < 1.29 is 19.9 Å². The van der Waals surface area contributed by atoms with Crippen molar-refractivity contribution >= 4 is 13.1 Å². The molecule has 0 atom stereocenters. The van der Waals surface area contributed by atoms with Gasteiger partial charge in [-0.25, -0.2) is 4.79 Å². The van der Waals surface area contributed by atoms with E-state index in [1.54, 1.807) is 0 Å². The van der Waals surface area contributed by atoms with Crippen molar-refractivity contribution in [3.63, 3.8) is 0 Å². The lowest BCUT2D eigenvalue weighted by atomic mass is 9.93. The smallest absolute Gasteiger partial charge is 0.474 e. The van der Waals surface area contributed by atoms with Crippen LogP contribution in [-0.4, -0.2) is 43.2 Å². The SMILES string of the molecule is O=C(O)c1cn(CB(O)O)nn1. The van der Waals surface area contributed by atoms with E-state index in [-0.39, 0.29) is 12.1 Å². The van der Waals surface area contributed by atoms with E-state index in [2.05, 4.69) is 10.3 Å². The van der Waals surface area contributed by atoms with E-state index in [4.69, 9.17) is 15.2 Å². The Morgan fingerprint density at radius 3 is 2.75 bits per heavy atom. The zero-order chi connectivity index (χ0) is 9.14. The predicted molar refractivity (Wildman–Crippen MR) is 37.2 cm³/mol. The zero-order valence-electron chi connectivity index (χ0n) is 5.95. The molecular formula is C4H6BN3O4. The molecule has 3 N–H and O–H groups in total. The number of aromatic carboxylic acids is 1. The second-order valence-electron chi connectivity index (χ2n) is 2.11. The quantitative estimate of drug-likeness (QED) is 0.453. The van der Waals surface area contributed by atoms with Crippen LogP contribution in [0.5, 0.6) is 0 Å². The highest BCUT2D eigenvalue weighted by atomic mass is 16.4. The van der Waals surface area contributed by atoms with E-state index in [0.717, 1.165) is 10.9 Å². The molecule has 1 rings (SSSR count). The molecule has 0 saturated heterocycles. The number of hydrogen-bond donors (Lipinski definition) is 3. The fourth-order valence-corrected chi connectivity index (χ4v) is 0.653. The van der Waals surface area contributed by atoms with E-state index in [9.17, 15) is 4.79 Å². The molecule has 0 radical (unpaired) electrons. The summed E-state index contributed by atoms with van der Waals surface area (Å²) in [5.74, 6) is -1.20. The van der Waals surface area contributed by atoms with E-state index in [1.165, 1.54) is 0 Å². The van der Waals surface area contributed by atoms with Crippen molar-refractivity contribution in [3.8, 4) is 0 Å². The average molecular weight is 171 g/mol. The lowest BCUT2D eigenvalue weighted by Gasteiger charge is -1.95. The summed E-state index contributed by atoms with van der Waals surface area (Å²) >= 11 is 0. The first-order valence-electron chi connectivity index (χ1n) is 3.09. The number of carboxylic acid groups (broad SMARTS) is 1. The largest absolute Gasteiger partial charge is 0.476 e. The second kappa shape index (κ2) is 3.33. The molecule has 0 amide bonds. The molecule has 0 spiro atoms. The highest BCUT2D eigenvalue weighted by Gasteiger charge is 2.12. The minimum atomic E-state index is -1.56. The van der Waals surface area contributed by atoms with Gasteiger partial charge < -0.3 is 15.2 Å². The van der Waals surface area contributed by atoms with Gasteiger partial charge >= 0.3 is 13.1 Å². The molecule has 0 aliphatic carbocycles. The maximum absolute atomic E-state index is 10.3. The Morgan fingerprint density at radius 1 is 1.67 bits per heavy atom. The zero-order valence-corrected chi connectivity index (χ0v) is 5.95. The Hall–Kier alpha value is -1.41. The van der Waals surface area contributed by atoms with Crippen molar-refractivity contribution in [3.05, 3.63) is 11.9 Å². The molecule has 0 fully saturated rings. The van der Waals surface area contributed by atoms with Crippen molar-refractivity contribution in [1.29, 1.82) is 0 Å². The van der Waals surface area contributed by atoms with Gasteiger partial charge in [0.25, 0.3) is 0 Å². The van der Waals surface area contributed by atoms with Crippen molar-refractivity contribution in [2.75, 3.05) is 0 Å². The standard InChI is InChI=1S/C4H6BN3O4/c9-4(10)3-1-8(7-6-3)2-5(11)12/h1,11-12H,2H2,(H,9,10). The van der Waals surface area contributed by atoms with Gasteiger partial charge in [0.1, 0.15) is 0 Å². The van der Waals surface area contributed by atoms with Gasteiger partial charge in [0.15, 0.2) is 5.69 Å². The number of carboxylic acids is 1. The summed E-state index contributed by atoms with van der Waals surface area (Å²) in [6, 6.07) is 0. The first-order valence-corrected chi connectivity index (χ1v) is 3.09. The summed E-state index contributed by atoms with van der Waals surface area (Å²) in [7, 11) is -1.56. The summed E-state index contributed by atoms with van der Waals surface area (Å²) in [6.07, 6.45) is 0.919. The van der Waals surface area contributed by atoms with Gasteiger partial charge in [-0.05, 0) is 0 Å². The predicted octanol–water partition coefficient (Wildman–Crippen LogP) is -2.01. The molecule has 0 aliphatic heterocycles. The molecule has 0 aromatic carbocycles. The van der Waals surface area contributed by atoms with Gasteiger partial charge in [0.2, 0.25) is 0 Å². The Bertz CT molecular complexity index is 286.